The van der Waals surface area contributed by atoms with E-state index >= 15 is 0 Å². The van der Waals surface area contributed by atoms with E-state index in [4.69, 9.17) is 11.6 Å². The molecule has 0 aliphatic rings. The molecule has 2 aromatic rings. The van der Waals surface area contributed by atoms with E-state index in [1.54, 1.807) is 31.2 Å². The monoisotopic (exact) mass is 315 g/mol. The van der Waals surface area contributed by atoms with Gasteiger partial charge in [-0.05, 0) is 43.3 Å². The van der Waals surface area contributed by atoms with Crippen molar-refractivity contribution >= 4 is 28.9 Å². The first-order chi connectivity index (χ1) is 9.88. The van der Waals surface area contributed by atoms with Crippen molar-refractivity contribution in [3.63, 3.8) is 0 Å². The van der Waals surface area contributed by atoms with Crippen molar-refractivity contribution < 1.29 is 13.2 Å². The van der Waals surface area contributed by atoms with Crippen molar-refractivity contribution in [3.05, 3.63) is 47.0 Å². The Hall–Kier alpha value is -1.95. The van der Waals surface area contributed by atoms with Gasteiger partial charge in [0.1, 0.15) is 11.6 Å². The summed E-state index contributed by atoms with van der Waals surface area (Å²) in [6, 6.07) is 8.56. The minimum absolute atomic E-state index is 0.114. The Labute approximate surface area is 125 Å². The van der Waals surface area contributed by atoms with Gasteiger partial charge in [-0.2, -0.15) is 13.2 Å². The molecular weight excluding hydrogens is 303 g/mol. The van der Waals surface area contributed by atoms with E-state index in [2.05, 4.69) is 15.6 Å². The zero-order valence-corrected chi connectivity index (χ0v) is 11.9. The standard InChI is InChI=1S/C14H13ClF3N3/c1-2-19-12-7-9(14(16,17)18)8-13(21-12)20-11-5-3-10(15)4-6-11/h3-8H,2H2,1H3,(H2,19,20,21). The molecule has 0 unspecified atom stereocenters. The number of benzene rings is 1. The van der Waals surface area contributed by atoms with Crippen molar-refractivity contribution in [2.75, 3.05) is 17.2 Å². The molecule has 0 fully saturated rings. The maximum atomic E-state index is 12.9. The maximum Gasteiger partial charge on any atom is 0.416 e. The fraction of sp³-hybridized carbons (Fsp3) is 0.214. The van der Waals surface area contributed by atoms with Crippen molar-refractivity contribution in [2.45, 2.75) is 13.1 Å². The topological polar surface area (TPSA) is 37.0 Å². The first-order valence-electron chi connectivity index (χ1n) is 6.24. The highest BCUT2D eigenvalue weighted by Gasteiger charge is 2.31. The van der Waals surface area contributed by atoms with Crippen LogP contribution in [0.4, 0.5) is 30.5 Å². The van der Waals surface area contributed by atoms with Crippen LogP contribution < -0.4 is 10.6 Å². The Balaban J connectivity index is 2.33. The number of hydrogen-bond donors (Lipinski definition) is 2. The van der Waals surface area contributed by atoms with Gasteiger partial charge in [0.2, 0.25) is 0 Å². The minimum atomic E-state index is -4.43. The van der Waals surface area contributed by atoms with Gasteiger partial charge in [-0.25, -0.2) is 4.98 Å². The first kappa shape index (κ1) is 15.4. The van der Waals surface area contributed by atoms with Crippen LogP contribution in [-0.4, -0.2) is 11.5 Å². The van der Waals surface area contributed by atoms with Gasteiger partial charge in [-0.15, -0.1) is 0 Å². The summed E-state index contributed by atoms with van der Waals surface area (Å²) in [4.78, 5) is 4.10. The highest BCUT2D eigenvalue weighted by Crippen LogP contribution is 2.32. The number of nitrogens with one attached hydrogen (secondary N) is 2. The van der Waals surface area contributed by atoms with Crippen molar-refractivity contribution in [2.24, 2.45) is 0 Å². The zero-order chi connectivity index (χ0) is 15.5. The molecule has 1 aromatic heterocycles. The predicted molar refractivity (Wildman–Crippen MR) is 78.1 cm³/mol. The second-order valence-electron chi connectivity index (χ2n) is 4.29. The second-order valence-corrected chi connectivity index (χ2v) is 4.72. The number of hydrogen-bond acceptors (Lipinski definition) is 3. The normalized spacial score (nSPS) is 11.3. The molecule has 1 aromatic carbocycles. The van der Waals surface area contributed by atoms with Crippen LogP contribution in [0.5, 0.6) is 0 Å². The van der Waals surface area contributed by atoms with Crippen LogP contribution in [0.3, 0.4) is 0 Å². The van der Waals surface area contributed by atoms with Crippen LogP contribution in [0.15, 0.2) is 36.4 Å². The van der Waals surface area contributed by atoms with Crippen LogP contribution >= 0.6 is 11.6 Å². The third-order valence-corrected chi connectivity index (χ3v) is 2.88. The molecule has 0 atom stereocenters. The molecule has 0 amide bonds. The van der Waals surface area contributed by atoms with Gasteiger partial charge < -0.3 is 10.6 Å². The molecule has 2 rings (SSSR count). The zero-order valence-electron chi connectivity index (χ0n) is 11.1. The molecular formula is C14H13ClF3N3. The number of anilines is 3. The third kappa shape index (κ3) is 4.26. The number of rotatable bonds is 4. The van der Waals surface area contributed by atoms with E-state index in [1.165, 1.54) is 0 Å². The Morgan fingerprint density at radius 3 is 2.29 bits per heavy atom. The summed E-state index contributed by atoms with van der Waals surface area (Å²) in [5.41, 5.74) is -0.154. The Bertz CT molecular complexity index is 612. The first-order valence-corrected chi connectivity index (χ1v) is 6.62. The lowest BCUT2D eigenvalue weighted by atomic mass is 10.2. The summed E-state index contributed by atoms with van der Waals surface area (Å²) >= 11 is 5.76. The highest BCUT2D eigenvalue weighted by molar-refractivity contribution is 6.30. The SMILES string of the molecule is CCNc1cc(C(F)(F)F)cc(Nc2ccc(Cl)cc2)n1. The molecule has 7 heteroatoms. The van der Waals surface area contributed by atoms with E-state index in [0.29, 0.717) is 17.3 Å². The van der Waals surface area contributed by atoms with Crippen LogP contribution in [-0.2, 0) is 6.18 Å². The van der Waals surface area contributed by atoms with E-state index in [0.717, 1.165) is 12.1 Å². The van der Waals surface area contributed by atoms with Crippen molar-refractivity contribution in [1.82, 2.24) is 4.98 Å². The average Bonchev–Trinajstić information content (AvgIpc) is 2.41. The van der Waals surface area contributed by atoms with Crippen LogP contribution in [0.2, 0.25) is 5.02 Å². The molecule has 0 aliphatic heterocycles. The van der Waals surface area contributed by atoms with Gasteiger partial charge in [-0.1, -0.05) is 11.6 Å². The summed E-state index contributed by atoms with van der Waals surface area (Å²) in [6.07, 6.45) is -4.43. The maximum absolute atomic E-state index is 12.9. The van der Waals surface area contributed by atoms with Crippen LogP contribution in [0, 0.1) is 0 Å². The molecule has 0 saturated carbocycles. The molecule has 3 nitrogen and oxygen atoms in total. The van der Waals surface area contributed by atoms with Gasteiger partial charge >= 0.3 is 6.18 Å². The molecule has 21 heavy (non-hydrogen) atoms. The largest absolute Gasteiger partial charge is 0.416 e. The number of pyridine rings is 1. The molecule has 1 heterocycles. The van der Waals surface area contributed by atoms with Crippen molar-refractivity contribution in [1.29, 1.82) is 0 Å². The van der Waals surface area contributed by atoms with Gasteiger partial charge in [-0.3, -0.25) is 0 Å². The van der Waals surface area contributed by atoms with Gasteiger partial charge in [0, 0.05) is 17.3 Å². The van der Waals surface area contributed by atoms with E-state index in [1.807, 2.05) is 0 Å². The Morgan fingerprint density at radius 1 is 1.10 bits per heavy atom. The molecule has 0 aliphatic carbocycles. The number of halogens is 4. The lowest BCUT2D eigenvalue weighted by molar-refractivity contribution is -0.137. The fourth-order valence-corrected chi connectivity index (χ4v) is 1.84. The summed E-state index contributed by atoms with van der Waals surface area (Å²) in [7, 11) is 0. The van der Waals surface area contributed by atoms with E-state index in [-0.39, 0.29) is 11.6 Å². The predicted octanol–water partition coefficient (Wildman–Crippen LogP) is 4.93. The highest BCUT2D eigenvalue weighted by atomic mass is 35.5. The Kier molecular flexibility index (Phi) is 4.57. The molecule has 2 N–H and O–H groups in total. The lowest BCUT2D eigenvalue weighted by Crippen LogP contribution is -2.09. The fourth-order valence-electron chi connectivity index (χ4n) is 1.71. The molecule has 112 valence electrons. The quantitative estimate of drug-likeness (QED) is 0.840. The second kappa shape index (κ2) is 6.22. The summed E-state index contributed by atoms with van der Waals surface area (Å²) < 4.78 is 38.6. The number of nitrogens with zero attached hydrogens (tertiary/aromatic N) is 1. The van der Waals surface area contributed by atoms with E-state index < -0.39 is 11.7 Å². The number of aromatic nitrogens is 1. The molecule has 0 saturated heterocycles. The summed E-state index contributed by atoms with van der Waals surface area (Å²) in [5.74, 6) is 0.284. The van der Waals surface area contributed by atoms with Crippen LogP contribution in [0.25, 0.3) is 0 Å². The smallest absolute Gasteiger partial charge is 0.370 e. The van der Waals surface area contributed by atoms with Crippen molar-refractivity contribution in [3.8, 4) is 0 Å². The van der Waals surface area contributed by atoms with Gasteiger partial charge in [0.25, 0.3) is 0 Å². The summed E-state index contributed by atoms with van der Waals surface area (Å²) in [5, 5.41) is 6.16. The molecule has 0 radical (unpaired) electrons. The van der Waals surface area contributed by atoms with Crippen LogP contribution in [0.1, 0.15) is 12.5 Å². The van der Waals surface area contributed by atoms with Gasteiger partial charge in [0.05, 0.1) is 5.56 Å². The Morgan fingerprint density at radius 2 is 1.71 bits per heavy atom. The molecule has 0 spiro atoms. The number of alkyl halides is 3. The third-order valence-electron chi connectivity index (χ3n) is 2.63. The summed E-state index contributed by atoms with van der Waals surface area (Å²) in [6.45, 7) is 2.27. The van der Waals surface area contributed by atoms with Gasteiger partial charge in [0.15, 0.2) is 0 Å². The lowest BCUT2D eigenvalue weighted by Gasteiger charge is -2.13. The molecule has 0 bridgehead atoms. The minimum Gasteiger partial charge on any atom is -0.370 e. The van der Waals surface area contributed by atoms with E-state index in [9.17, 15) is 13.2 Å². The average molecular weight is 316 g/mol.